The lowest BCUT2D eigenvalue weighted by Crippen LogP contribution is -2.25. The van der Waals surface area contributed by atoms with Crippen LogP contribution in [0.2, 0.25) is 0 Å². The zero-order valence-electron chi connectivity index (χ0n) is 10.1. The quantitative estimate of drug-likeness (QED) is 0.748. The largest absolute Gasteiger partial charge is 0.374 e. The van der Waals surface area contributed by atoms with Crippen LogP contribution in [0.1, 0.15) is 18.4 Å². The molecule has 2 bridgehead atoms. The Hall–Kier alpha value is -1.60. The zero-order chi connectivity index (χ0) is 12.1. The SMILES string of the molecule is N#Cc1cccnc1N1C[C@@H]2C3CCC(O3)[C@@H]2C1. The highest BCUT2D eigenvalue weighted by Crippen LogP contribution is 2.47. The Morgan fingerprint density at radius 3 is 2.67 bits per heavy atom. The highest BCUT2D eigenvalue weighted by atomic mass is 16.5. The van der Waals surface area contributed by atoms with Crippen LogP contribution >= 0.6 is 0 Å². The van der Waals surface area contributed by atoms with Crippen molar-refractivity contribution >= 4 is 5.82 Å². The molecule has 3 saturated heterocycles. The van der Waals surface area contributed by atoms with Crippen molar-refractivity contribution < 1.29 is 4.74 Å². The molecule has 0 aromatic carbocycles. The first kappa shape index (κ1) is 10.3. The van der Waals surface area contributed by atoms with Gasteiger partial charge in [-0.1, -0.05) is 0 Å². The van der Waals surface area contributed by atoms with Gasteiger partial charge in [-0.3, -0.25) is 0 Å². The van der Waals surface area contributed by atoms with E-state index in [1.165, 1.54) is 12.8 Å². The Balaban J connectivity index is 1.63. The number of fused-ring (bicyclic) bond motifs is 5. The summed E-state index contributed by atoms with van der Waals surface area (Å²) >= 11 is 0. The number of ether oxygens (including phenoxy) is 1. The topological polar surface area (TPSA) is 49.2 Å². The van der Waals surface area contributed by atoms with Crippen molar-refractivity contribution in [2.45, 2.75) is 25.0 Å². The lowest BCUT2D eigenvalue weighted by molar-refractivity contribution is 0.0849. The van der Waals surface area contributed by atoms with E-state index in [2.05, 4.69) is 16.0 Å². The summed E-state index contributed by atoms with van der Waals surface area (Å²) in [4.78, 5) is 6.67. The van der Waals surface area contributed by atoms with Crippen molar-refractivity contribution in [3.8, 4) is 6.07 Å². The molecule has 4 nitrogen and oxygen atoms in total. The summed E-state index contributed by atoms with van der Waals surface area (Å²) < 4.78 is 5.97. The molecule has 0 aliphatic carbocycles. The second-order valence-corrected chi connectivity index (χ2v) is 5.51. The van der Waals surface area contributed by atoms with Crippen LogP contribution in [0.15, 0.2) is 18.3 Å². The van der Waals surface area contributed by atoms with Gasteiger partial charge < -0.3 is 9.64 Å². The molecule has 3 fully saturated rings. The van der Waals surface area contributed by atoms with Gasteiger partial charge in [0.2, 0.25) is 0 Å². The fraction of sp³-hybridized carbons (Fsp3) is 0.571. The average Bonchev–Trinajstić information content (AvgIpc) is 3.10. The third-order valence-electron chi connectivity index (χ3n) is 4.66. The molecule has 0 N–H and O–H groups in total. The Morgan fingerprint density at radius 2 is 2.00 bits per heavy atom. The average molecular weight is 241 g/mol. The third kappa shape index (κ3) is 1.31. The Morgan fingerprint density at radius 1 is 1.28 bits per heavy atom. The van der Waals surface area contributed by atoms with Crippen molar-refractivity contribution in [2.24, 2.45) is 11.8 Å². The fourth-order valence-electron chi connectivity index (χ4n) is 3.87. The Kier molecular flexibility index (Phi) is 2.12. The molecule has 3 aliphatic rings. The molecule has 0 spiro atoms. The minimum absolute atomic E-state index is 0.458. The number of nitrogens with zero attached hydrogens (tertiary/aromatic N) is 3. The summed E-state index contributed by atoms with van der Waals surface area (Å²) in [6, 6.07) is 5.91. The van der Waals surface area contributed by atoms with E-state index in [0.717, 1.165) is 18.9 Å². The molecule has 4 heteroatoms. The lowest BCUT2D eigenvalue weighted by Gasteiger charge is -2.20. The van der Waals surface area contributed by atoms with E-state index in [1.54, 1.807) is 6.20 Å². The summed E-state index contributed by atoms with van der Waals surface area (Å²) in [6.07, 6.45) is 5.12. The van der Waals surface area contributed by atoms with Crippen molar-refractivity contribution in [1.29, 1.82) is 5.26 Å². The number of rotatable bonds is 1. The number of hydrogen-bond acceptors (Lipinski definition) is 4. The van der Waals surface area contributed by atoms with Gasteiger partial charge in [0.1, 0.15) is 11.9 Å². The highest BCUT2D eigenvalue weighted by molar-refractivity contribution is 5.54. The van der Waals surface area contributed by atoms with E-state index in [0.29, 0.717) is 29.6 Å². The maximum absolute atomic E-state index is 9.16. The fourth-order valence-corrected chi connectivity index (χ4v) is 3.87. The summed E-state index contributed by atoms with van der Waals surface area (Å²) in [6.45, 7) is 2.00. The van der Waals surface area contributed by atoms with Crippen LogP contribution in [0.3, 0.4) is 0 Å². The molecule has 1 aromatic heterocycles. The molecular weight excluding hydrogens is 226 g/mol. The first-order chi connectivity index (χ1) is 8.86. The van der Waals surface area contributed by atoms with E-state index in [-0.39, 0.29) is 0 Å². The van der Waals surface area contributed by atoms with E-state index in [9.17, 15) is 0 Å². The summed E-state index contributed by atoms with van der Waals surface area (Å²) in [5, 5.41) is 9.16. The number of pyridine rings is 1. The molecule has 0 radical (unpaired) electrons. The summed E-state index contributed by atoms with van der Waals surface area (Å²) in [7, 11) is 0. The molecule has 4 heterocycles. The van der Waals surface area contributed by atoms with Crippen LogP contribution in [0.4, 0.5) is 5.82 Å². The van der Waals surface area contributed by atoms with Crippen molar-refractivity contribution in [1.82, 2.24) is 4.98 Å². The number of nitriles is 1. The second kappa shape index (κ2) is 3.69. The third-order valence-corrected chi connectivity index (χ3v) is 4.66. The monoisotopic (exact) mass is 241 g/mol. The maximum atomic E-state index is 9.16. The maximum Gasteiger partial charge on any atom is 0.146 e. The summed E-state index contributed by atoms with van der Waals surface area (Å²) in [5.41, 5.74) is 0.686. The minimum Gasteiger partial charge on any atom is -0.374 e. The molecule has 4 rings (SSSR count). The second-order valence-electron chi connectivity index (χ2n) is 5.51. The Bertz CT molecular complexity index is 506. The molecule has 4 atom stereocenters. The highest BCUT2D eigenvalue weighted by Gasteiger charge is 2.53. The van der Waals surface area contributed by atoms with E-state index in [4.69, 9.17) is 10.00 Å². The van der Waals surface area contributed by atoms with Crippen LogP contribution in [0, 0.1) is 23.2 Å². The molecule has 2 unspecified atom stereocenters. The minimum atomic E-state index is 0.458. The smallest absolute Gasteiger partial charge is 0.146 e. The Labute approximate surface area is 106 Å². The van der Waals surface area contributed by atoms with Gasteiger partial charge in [0.15, 0.2) is 0 Å². The van der Waals surface area contributed by atoms with Gasteiger partial charge in [-0.05, 0) is 25.0 Å². The van der Waals surface area contributed by atoms with E-state index < -0.39 is 0 Å². The van der Waals surface area contributed by atoms with Gasteiger partial charge >= 0.3 is 0 Å². The molecular formula is C14H15N3O. The molecule has 0 amide bonds. The molecule has 1 aromatic rings. The number of aromatic nitrogens is 1. The van der Waals surface area contributed by atoms with Gasteiger partial charge in [-0.2, -0.15) is 5.26 Å². The standard InChI is InChI=1S/C14H15N3O/c15-6-9-2-1-5-16-14(9)17-7-10-11(8-17)13-4-3-12(10)18-13/h1-2,5,10-13H,3-4,7-8H2/t10-,11+,12?,13?. The van der Waals surface area contributed by atoms with E-state index in [1.807, 2.05) is 12.1 Å². The normalized spacial score (nSPS) is 36.7. The van der Waals surface area contributed by atoms with Crippen LogP contribution in [-0.2, 0) is 4.74 Å². The van der Waals surface area contributed by atoms with Crippen molar-refractivity contribution in [2.75, 3.05) is 18.0 Å². The lowest BCUT2D eigenvalue weighted by atomic mass is 9.82. The molecule has 3 aliphatic heterocycles. The van der Waals surface area contributed by atoms with Crippen LogP contribution in [0.25, 0.3) is 0 Å². The van der Waals surface area contributed by atoms with Crippen LogP contribution in [-0.4, -0.2) is 30.3 Å². The molecule has 0 saturated carbocycles. The van der Waals surface area contributed by atoms with Gasteiger partial charge in [0, 0.05) is 31.1 Å². The van der Waals surface area contributed by atoms with Gasteiger partial charge in [-0.25, -0.2) is 4.98 Å². The first-order valence-electron chi connectivity index (χ1n) is 6.62. The van der Waals surface area contributed by atoms with Gasteiger partial charge in [0.25, 0.3) is 0 Å². The zero-order valence-corrected chi connectivity index (χ0v) is 10.1. The van der Waals surface area contributed by atoms with Gasteiger partial charge in [0.05, 0.1) is 17.8 Å². The van der Waals surface area contributed by atoms with Crippen LogP contribution < -0.4 is 4.90 Å². The summed E-state index contributed by atoms with van der Waals surface area (Å²) in [5.74, 6) is 2.16. The number of hydrogen-bond donors (Lipinski definition) is 0. The van der Waals surface area contributed by atoms with Crippen molar-refractivity contribution in [3.63, 3.8) is 0 Å². The predicted molar refractivity (Wildman–Crippen MR) is 66.0 cm³/mol. The van der Waals surface area contributed by atoms with Crippen LogP contribution in [0.5, 0.6) is 0 Å². The number of anilines is 1. The molecule has 92 valence electrons. The molecule has 18 heavy (non-hydrogen) atoms. The predicted octanol–water partition coefficient (Wildman–Crippen LogP) is 1.57. The first-order valence-corrected chi connectivity index (χ1v) is 6.62. The van der Waals surface area contributed by atoms with E-state index >= 15 is 0 Å². The van der Waals surface area contributed by atoms with Gasteiger partial charge in [-0.15, -0.1) is 0 Å². The van der Waals surface area contributed by atoms with Crippen molar-refractivity contribution in [3.05, 3.63) is 23.9 Å².